The van der Waals surface area contributed by atoms with Gasteiger partial charge in [0, 0.05) is 66.5 Å². The van der Waals surface area contributed by atoms with E-state index in [1.807, 2.05) is 66.9 Å². The highest BCUT2D eigenvalue weighted by atomic mass is 15.1. The average Bonchev–Trinajstić information content (AvgIpc) is 4.06. The second-order valence-corrected chi connectivity index (χ2v) is 17.5. The van der Waals surface area contributed by atoms with Gasteiger partial charge in [-0.15, -0.1) is 0 Å². The molecule has 0 aliphatic carbocycles. The number of hydrogen-bond acceptors (Lipinski definition) is 4. The summed E-state index contributed by atoms with van der Waals surface area (Å²) in [6.07, 6.45) is 2.03. The molecule has 5 heterocycles. The minimum absolute atomic E-state index is 0.588. The number of hydrogen-bond donors (Lipinski definition) is 0. The maximum atomic E-state index is 5.40. The number of pyridine rings is 1. The molecule has 0 aliphatic rings. The van der Waals surface area contributed by atoms with E-state index < -0.39 is 0 Å². The molecule has 7 heteroatoms. The van der Waals surface area contributed by atoms with E-state index in [-0.39, 0.29) is 0 Å². The third-order valence-electron chi connectivity index (χ3n) is 13.5. The fourth-order valence-corrected chi connectivity index (χ4v) is 10.4. The molecule has 322 valence electrons. The van der Waals surface area contributed by atoms with Gasteiger partial charge in [0.2, 0.25) is 0 Å². The van der Waals surface area contributed by atoms with Crippen LogP contribution in [0.25, 0.3) is 128 Å². The summed E-state index contributed by atoms with van der Waals surface area (Å²) in [5, 5.41) is 6.97. The second kappa shape index (κ2) is 15.6. The van der Waals surface area contributed by atoms with Crippen molar-refractivity contribution < 1.29 is 0 Å². The number of fused-ring (bicyclic) bond motifs is 9. The minimum atomic E-state index is 0.588. The normalized spacial score (nSPS) is 11.8. The third-order valence-corrected chi connectivity index (χ3v) is 13.5. The van der Waals surface area contributed by atoms with E-state index in [4.69, 9.17) is 19.9 Å². The van der Waals surface area contributed by atoms with Crippen LogP contribution in [-0.4, -0.2) is 33.6 Å². The zero-order valence-electron chi connectivity index (χ0n) is 37.1. The van der Waals surface area contributed by atoms with Crippen LogP contribution in [-0.2, 0) is 0 Å². The van der Waals surface area contributed by atoms with Crippen molar-refractivity contribution in [2.24, 2.45) is 0 Å². The standard InChI is InChI=1S/C62H39N7/c1-4-18-40(19-5-1)59-64-60(41-20-6-2-7-21-41)66-61(65-59)43-33-35-57(58(38-43)68-53-29-15-10-24-46(53)47-25-11-16-30-54(47)68)69-55-31-17-13-27-49(55)51-37-44(39-63-62(51)69)42-32-34-56-50(36-42)48-26-12-14-28-52(48)67(56)45-22-8-3-9-23-45/h1-39H. The summed E-state index contributed by atoms with van der Waals surface area (Å²) >= 11 is 0. The van der Waals surface area contributed by atoms with Crippen LogP contribution in [0.3, 0.4) is 0 Å². The number of benzene rings is 9. The predicted octanol–water partition coefficient (Wildman–Crippen LogP) is 15.2. The van der Waals surface area contributed by atoms with Crippen molar-refractivity contribution in [2.75, 3.05) is 0 Å². The highest BCUT2D eigenvalue weighted by Gasteiger charge is 2.23. The maximum Gasteiger partial charge on any atom is 0.164 e. The van der Waals surface area contributed by atoms with E-state index in [0.717, 1.165) is 77.8 Å². The molecule has 0 radical (unpaired) electrons. The van der Waals surface area contributed by atoms with Crippen LogP contribution in [0.1, 0.15) is 0 Å². The van der Waals surface area contributed by atoms with E-state index in [1.54, 1.807) is 0 Å². The van der Waals surface area contributed by atoms with Gasteiger partial charge in [0.05, 0.1) is 39.0 Å². The molecule has 69 heavy (non-hydrogen) atoms. The quantitative estimate of drug-likeness (QED) is 0.160. The smallest absolute Gasteiger partial charge is 0.164 e. The summed E-state index contributed by atoms with van der Waals surface area (Å²) in [6, 6.07) is 81.2. The summed E-state index contributed by atoms with van der Waals surface area (Å²) in [6.45, 7) is 0. The van der Waals surface area contributed by atoms with Gasteiger partial charge < -0.3 is 9.13 Å². The molecule has 0 aliphatic heterocycles. The molecule has 7 nitrogen and oxygen atoms in total. The summed E-state index contributed by atoms with van der Waals surface area (Å²) in [5.74, 6) is 1.82. The van der Waals surface area contributed by atoms with Crippen LogP contribution >= 0.6 is 0 Å². The predicted molar refractivity (Wildman–Crippen MR) is 282 cm³/mol. The van der Waals surface area contributed by atoms with Gasteiger partial charge in [-0.05, 0) is 78.4 Å². The lowest BCUT2D eigenvalue weighted by atomic mass is 10.0. The van der Waals surface area contributed by atoms with E-state index in [2.05, 4.69) is 184 Å². The van der Waals surface area contributed by atoms with E-state index in [0.29, 0.717) is 17.5 Å². The molecular formula is C62H39N7. The van der Waals surface area contributed by atoms with Crippen LogP contribution in [0.2, 0.25) is 0 Å². The molecule has 14 aromatic rings. The Hall–Kier alpha value is -9.46. The van der Waals surface area contributed by atoms with Gasteiger partial charge in [-0.25, -0.2) is 19.9 Å². The van der Waals surface area contributed by atoms with E-state index >= 15 is 0 Å². The van der Waals surface area contributed by atoms with Crippen molar-refractivity contribution in [3.63, 3.8) is 0 Å². The van der Waals surface area contributed by atoms with Crippen LogP contribution in [0.4, 0.5) is 0 Å². The Morgan fingerprint density at radius 2 is 0.696 bits per heavy atom. The van der Waals surface area contributed by atoms with Crippen molar-refractivity contribution >= 4 is 65.5 Å². The largest absolute Gasteiger partial charge is 0.309 e. The first-order valence-electron chi connectivity index (χ1n) is 23.2. The first-order valence-corrected chi connectivity index (χ1v) is 23.2. The molecule has 0 amide bonds. The van der Waals surface area contributed by atoms with Gasteiger partial charge in [0.25, 0.3) is 0 Å². The highest BCUT2D eigenvalue weighted by Crippen LogP contribution is 2.41. The first-order chi connectivity index (χ1) is 34.2. The van der Waals surface area contributed by atoms with Crippen molar-refractivity contribution in [2.45, 2.75) is 0 Å². The molecule has 0 N–H and O–H groups in total. The van der Waals surface area contributed by atoms with E-state index in [9.17, 15) is 0 Å². The number of rotatable bonds is 7. The molecule has 0 unspecified atom stereocenters. The molecule has 9 aromatic carbocycles. The van der Waals surface area contributed by atoms with E-state index in [1.165, 1.54) is 32.6 Å². The van der Waals surface area contributed by atoms with Gasteiger partial charge in [-0.3, -0.25) is 4.57 Å². The average molecular weight is 882 g/mol. The second-order valence-electron chi connectivity index (χ2n) is 17.5. The van der Waals surface area contributed by atoms with Gasteiger partial charge in [-0.2, -0.15) is 0 Å². The Balaban J connectivity index is 0.998. The monoisotopic (exact) mass is 881 g/mol. The van der Waals surface area contributed by atoms with Crippen LogP contribution in [0.15, 0.2) is 237 Å². The Morgan fingerprint density at radius 3 is 1.29 bits per heavy atom. The fourth-order valence-electron chi connectivity index (χ4n) is 10.4. The summed E-state index contributed by atoms with van der Waals surface area (Å²) in [4.78, 5) is 20.8. The SMILES string of the molecule is c1ccc(-c2nc(-c3ccccc3)nc(-c3ccc(-n4c5ccccc5c5cc(-c6ccc7c(c6)c6ccccc6n7-c6ccccc6)cnc54)c(-n4c5ccccc5c5ccccc54)c3)n2)cc1. The lowest BCUT2D eigenvalue weighted by Gasteiger charge is -2.18. The Labute approximate surface area is 396 Å². The molecule has 0 fully saturated rings. The number of para-hydroxylation sites is 5. The van der Waals surface area contributed by atoms with Crippen LogP contribution in [0, 0.1) is 0 Å². The molecule has 0 saturated heterocycles. The van der Waals surface area contributed by atoms with Crippen molar-refractivity contribution in [1.29, 1.82) is 0 Å². The Bertz CT molecular complexity index is 4190. The minimum Gasteiger partial charge on any atom is -0.309 e. The van der Waals surface area contributed by atoms with Crippen molar-refractivity contribution in [3.8, 4) is 62.4 Å². The molecule has 14 rings (SSSR count). The summed E-state index contributed by atoms with van der Waals surface area (Å²) < 4.78 is 7.07. The Morgan fingerprint density at radius 1 is 0.261 bits per heavy atom. The van der Waals surface area contributed by atoms with Crippen LogP contribution < -0.4 is 0 Å². The summed E-state index contributed by atoms with van der Waals surface area (Å²) in [5.41, 5.74) is 14.5. The van der Waals surface area contributed by atoms with Crippen LogP contribution in [0.5, 0.6) is 0 Å². The van der Waals surface area contributed by atoms with Crippen molar-refractivity contribution in [1.82, 2.24) is 33.6 Å². The molecular weight excluding hydrogens is 843 g/mol. The summed E-state index contributed by atoms with van der Waals surface area (Å²) in [7, 11) is 0. The molecule has 0 bridgehead atoms. The third kappa shape index (κ3) is 6.21. The first kappa shape index (κ1) is 38.8. The lowest BCUT2D eigenvalue weighted by Crippen LogP contribution is -2.06. The Kier molecular flexibility index (Phi) is 8.75. The maximum absolute atomic E-state index is 5.40. The van der Waals surface area contributed by atoms with Gasteiger partial charge in [0.15, 0.2) is 17.5 Å². The van der Waals surface area contributed by atoms with Gasteiger partial charge in [0.1, 0.15) is 5.65 Å². The lowest BCUT2D eigenvalue weighted by molar-refractivity contribution is 1.06. The molecule has 0 spiro atoms. The highest BCUT2D eigenvalue weighted by molar-refractivity contribution is 6.13. The van der Waals surface area contributed by atoms with Gasteiger partial charge >= 0.3 is 0 Å². The fraction of sp³-hybridized carbons (Fsp3) is 0. The molecule has 5 aromatic heterocycles. The molecule has 0 atom stereocenters. The molecule has 0 saturated carbocycles. The zero-order chi connectivity index (χ0) is 45.4. The topological polar surface area (TPSA) is 66.3 Å². The van der Waals surface area contributed by atoms with Gasteiger partial charge in [-0.1, -0.05) is 158 Å². The number of aromatic nitrogens is 7. The van der Waals surface area contributed by atoms with Crippen molar-refractivity contribution in [3.05, 3.63) is 237 Å². The number of nitrogens with zero attached hydrogens (tertiary/aromatic N) is 7. The zero-order valence-corrected chi connectivity index (χ0v) is 37.1.